The number of hydrogen-bond donors (Lipinski definition) is 2. The molecule has 1 amide bonds. The van der Waals surface area contributed by atoms with Gasteiger partial charge in [-0.05, 0) is 50.4 Å². The van der Waals surface area contributed by atoms with Gasteiger partial charge in [-0.1, -0.05) is 18.2 Å². The average Bonchev–Trinajstić information content (AvgIpc) is 2.82. The maximum atomic E-state index is 11.8. The van der Waals surface area contributed by atoms with Crippen molar-refractivity contribution in [2.24, 2.45) is 5.92 Å². The van der Waals surface area contributed by atoms with Gasteiger partial charge in [0, 0.05) is 12.1 Å². The Balaban J connectivity index is 1.79. The summed E-state index contributed by atoms with van der Waals surface area (Å²) in [5.41, 5.74) is 2.05. The smallest absolute Gasteiger partial charge is 0.224 e. The van der Waals surface area contributed by atoms with Crippen LogP contribution in [-0.4, -0.2) is 19.0 Å². The van der Waals surface area contributed by atoms with Crippen molar-refractivity contribution in [2.45, 2.75) is 26.2 Å². The molecule has 1 aliphatic rings. The number of benzene rings is 1. The summed E-state index contributed by atoms with van der Waals surface area (Å²) in [6, 6.07) is 7.89. The summed E-state index contributed by atoms with van der Waals surface area (Å²) in [5.74, 6) is 0.809. The molecular weight excluding hydrogens is 212 g/mol. The van der Waals surface area contributed by atoms with Crippen LogP contribution >= 0.6 is 0 Å². The van der Waals surface area contributed by atoms with Crippen LogP contribution in [-0.2, 0) is 4.79 Å². The average molecular weight is 232 g/mol. The molecule has 1 aromatic rings. The zero-order valence-corrected chi connectivity index (χ0v) is 10.3. The van der Waals surface area contributed by atoms with Crippen LogP contribution in [0.3, 0.4) is 0 Å². The van der Waals surface area contributed by atoms with E-state index in [-0.39, 0.29) is 5.91 Å². The lowest BCUT2D eigenvalue weighted by molar-refractivity contribution is -0.116. The predicted octanol–water partition coefficient (Wildman–Crippen LogP) is 2.32. The molecule has 0 aliphatic carbocycles. The van der Waals surface area contributed by atoms with E-state index in [0.717, 1.165) is 30.8 Å². The van der Waals surface area contributed by atoms with Gasteiger partial charge in [-0.15, -0.1) is 0 Å². The summed E-state index contributed by atoms with van der Waals surface area (Å²) < 4.78 is 0. The van der Waals surface area contributed by atoms with Gasteiger partial charge in [0.25, 0.3) is 0 Å². The summed E-state index contributed by atoms with van der Waals surface area (Å²) in [6.07, 6.45) is 2.82. The van der Waals surface area contributed by atoms with Crippen LogP contribution < -0.4 is 10.6 Å². The molecule has 3 heteroatoms. The van der Waals surface area contributed by atoms with Crippen molar-refractivity contribution in [1.29, 1.82) is 0 Å². The number of carbonyl (C=O) groups is 1. The predicted molar refractivity (Wildman–Crippen MR) is 70.0 cm³/mol. The largest absolute Gasteiger partial charge is 0.326 e. The Labute approximate surface area is 103 Å². The minimum atomic E-state index is 0.131. The van der Waals surface area contributed by atoms with E-state index in [2.05, 4.69) is 10.6 Å². The fourth-order valence-electron chi connectivity index (χ4n) is 2.22. The molecule has 0 bridgehead atoms. The maximum Gasteiger partial charge on any atom is 0.224 e. The molecule has 0 saturated carbocycles. The fraction of sp³-hybridized carbons (Fsp3) is 0.500. The Hall–Kier alpha value is -1.35. The quantitative estimate of drug-likeness (QED) is 0.836. The molecule has 2 N–H and O–H groups in total. The molecule has 3 nitrogen and oxygen atoms in total. The van der Waals surface area contributed by atoms with Gasteiger partial charge in [0.2, 0.25) is 5.91 Å². The molecular formula is C14H20N2O. The van der Waals surface area contributed by atoms with E-state index in [1.165, 1.54) is 6.42 Å². The zero-order valence-electron chi connectivity index (χ0n) is 10.3. The Bertz CT molecular complexity index is 384. The molecule has 1 aromatic carbocycles. The van der Waals surface area contributed by atoms with Crippen LogP contribution in [0.15, 0.2) is 24.3 Å². The third kappa shape index (κ3) is 3.56. The van der Waals surface area contributed by atoms with E-state index in [0.29, 0.717) is 12.3 Å². The molecule has 1 unspecified atom stereocenters. The minimum absolute atomic E-state index is 0.131. The van der Waals surface area contributed by atoms with Gasteiger partial charge < -0.3 is 10.6 Å². The van der Waals surface area contributed by atoms with E-state index in [4.69, 9.17) is 0 Å². The molecule has 0 radical (unpaired) electrons. The number of carbonyl (C=O) groups excluding carboxylic acids is 1. The fourth-order valence-corrected chi connectivity index (χ4v) is 2.22. The van der Waals surface area contributed by atoms with Gasteiger partial charge in [0.15, 0.2) is 0 Å². The van der Waals surface area contributed by atoms with Crippen molar-refractivity contribution >= 4 is 11.6 Å². The Morgan fingerprint density at radius 1 is 1.47 bits per heavy atom. The second-order valence-electron chi connectivity index (χ2n) is 4.76. The SMILES string of the molecule is Cc1ccccc1NC(=O)CCC1CCNC1. The van der Waals surface area contributed by atoms with Gasteiger partial charge in [0.1, 0.15) is 0 Å². The van der Waals surface area contributed by atoms with Crippen LogP contribution in [0.4, 0.5) is 5.69 Å². The highest BCUT2D eigenvalue weighted by molar-refractivity contribution is 5.91. The van der Waals surface area contributed by atoms with Crippen molar-refractivity contribution < 1.29 is 4.79 Å². The van der Waals surface area contributed by atoms with Crippen LogP contribution in [0.25, 0.3) is 0 Å². The number of anilines is 1. The first kappa shape index (κ1) is 12.1. The van der Waals surface area contributed by atoms with E-state index >= 15 is 0 Å². The lowest BCUT2D eigenvalue weighted by atomic mass is 10.0. The van der Waals surface area contributed by atoms with Crippen molar-refractivity contribution in [2.75, 3.05) is 18.4 Å². The molecule has 0 spiro atoms. The van der Waals surface area contributed by atoms with E-state index in [1.807, 2.05) is 31.2 Å². The van der Waals surface area contributed by atoms with Gasteiger partial charge in [-0.25, -0.2) is 0 Å². The lowest BCUT2D eigenvalue weighted by Crippen LogP contribution is -2.15. The highest BCUT2D eigenvalue weighted by atomic mass is 16.1. The molecule has 1 atom stereocenters. The second-order valence-corrected chi connectivity index (χ2v) is 4.76. The molecule has 1 heterocycles. The van der Waals surface area contributed by atoms with Gasteiger partial charge >= 0.3 is 0 Å². The Kier molecular flexibility index (Phi) is 4.15. The number of hydrogen-bond acceptors (Lipinski definition) is 2. The molecule has 1 saturated heterocycles. The van der Waals surface area contributed by atoms with Gasteiger partial charge in [-0.3, -0.25) is 4.79 Å². The highest BCUT2D eigenvalue weighted by Crippen LogP contribution is 2.17. The van der Waals surface area contributed by atoms with E-state index in [1.54, 1.807) is 0 Å². The number of amides is 1. The normalized spacial score (nSPS) is 19.2. The van der Waals surface area contributed by atoms with E-state index in [9.17, 15) is 4.79 Å². The van der Waals surface area contributed by atoms with E-state index < -0.39 is 0 Å². The first-order chi connectivity index (χ1) is 8.25. The highest BCUT2D eigenvalue weighted by Gasteiger charge is 2.15. The third-order valence-electron chi connectivity index (χ3n) is 3.36. The minimum Gasteiger partial charge on any atom is -0.326 e. The van der Waals surface area contributed by atoms with Crippen LogP contribution in [0.1, 0.15) is 24.8 Å². The van der Waals surface area contributed by atoms with Crippen molar-refractivity contribution in [3.05, 3.63) is 29.8 Å². The molecule has 92 valence electrons. The molecule has 2 rings (SSSR count). The zero-order chi connectivity index (χ0) is 12.1. The first-order valence-corrected chi connectivity index (χ1v) is 6.32. The standard InChI is InChI=1S/C14H20N2O/c1-11-4-2-3-5-13(11)16-14(17)7-6-12-8-9-15-10-12/h2-5,12,15H,6-10H2,1H3,(H,16,17). The second kappa shape index (κ2) is 5.82. The number of aryl methyl sites for hydroxylation is 1. The van der Waals surface area contributed by atoms with Crippen LogP contribution in [0.2, 0.25) is 0 Å². The van der Waals surface area contributed by atoms with Gasteiger partial charge in [0.05, 0.1) is 0 Å². The monoisotopic (exact) mass is 232 g/mol. The number of para-hydroxylation sites is 1. The molecule has 1 fully saturated rings. The number of rotatable bonds is 4. The van der Waals surface area contributed by atoms with Crippen molar-refractivity contribution in [1.82, 2.24) is 5.32 Å². The van der Waals surface area contributed by atoms with Gasteiger partial charge in [-0.2, -0.15) is 0 Å². The summed E-state index contributed by atoms with van der Waals surface area (Å²) in [4.78, 5) is 11.8. The van der Waals surface area contributed by atoms with Crippen LogP contribution in [0.5, 0.6) is 0 Å². The molecule has 17 heavy (non-hydrogen) atoms. The van der Waals surface area contributed by atoms with Crippen LogP contribution in [0, 0.1) is 12.8 Å². The molecule has 0 aromatic heterocycles. The summed E-state index contributed by atoms with van der Waals surface area (Å²) in [6.45, 7) is 4.18. The first-order valence-electron chi connectivity index (χ1n) is 6.32. The Morgan fingerprint density at radius 3 is 3.00 bits per heavy atom. The summed E-state index contributed by atoms with van der Waals surface area (Å²) in [5, 5.41) is 6.30. The number of nitrogens with one attached hydrogen (secondary N) is 2. The topological polar surface area (TPSA) is 41.1 Å². The lowest BCUT2D eigenvalue weighted by Gasteiger charge is -2.10. The molecule has 1 aliphatic heterocycles. The Morgan fingerprint density at radius 2 is 2.29 bits per heavy atom. The van der Waals surface area contributed by atoms with Crippen molar-refractivity contribution in [3.8, 4) is 0 Å². The van der Waals surface area contributed by atoms with Crippen molar-refractivity contribution in [3.63, 3.8) is 0 Å². The maximum absolute atomic E-state index is 11.8. The summed E-state index contributed by atoms with van der Waals surface area (Å²) in [7, 11) is 0. The summed E-state index contributed by atoms with van der Waals surface area (Å²) >= 11 is 0. The third-order valence-corrected chi connectivity index (χ3v) is 3.36.